The van der Waals surface area contributed by atoms with Crippen LogP contribution >= 0.6 is 31.9 Å². The predicted molar refractivity (Wildman–Crippen MR) is 337 cm³/mol. The van der Waals surface area contributed by atoms with Crippen LogP contribution in [0.25, 0.3) is 43.9 Å². The first kappa shape index (κ1) is 51.2. The minimum absolute atomic E-state index is 0.0128. The summed E-state index contributed by atoms with van der Waals surface area (Å²) in [5, 5.41) is 2.31. The Labute approximate surface area is 481 Å². The zero-order valence-corrected chi connectivity index (χ0v) is 48.4. The van der Waals surface area contributed by atoms with Crippen molar-refractivity contribution in [1.29, 1.82) is 0 Å². The van der Waals surface area contributed by atoms with Gasteiger partial charge in [0.2, 0.25) is 10.9 Å². The van der Waals surface area contributed by atoms with Gasteiger partial charge in [0.1, 0.15) is 22.3 Å². The third kappa shape index (κ3) is 8.25. The van der Waals surface area contributed by atoms with E-state index in [1.807, 2.05) is 54.6 Å². The number of fused-ring (bicyclic) bond motifs is 10. The Morgan fingerprint density at radius 1 is 0.362 bits per heavy atom. The molecule has 12 aromatic rings. The average Bonchev–Trinajstić information content (AvgIpc) is 3.51. The number of anilines is 6. The van der Waals surface area contributed by atoms with Gasteiger partial charge < -0.3 is 18.6 Å². The van der Waals surface area contributed by atoms with Gasteiger partial charge >= 0.3 is 0 Å². The molecule has 0 N–H and O–H groups in total. The van der Waals surface area contributed by atoms with Crippen LogP contribution in [-0.2, 0) is 22.7 Å². The third-order valence-electron chi connectivity index (χ3n) is 16.8. The fourth-order valence-corrected chi connectivity index (χ4v) is 13.7. The summed E-state index contributed by atoms with van der Waals surface area (Å²) in [5.74, 6) is 0. The zero-order valence-electron chi connectivity index (χ0n) is 45.3. The van der Waals surface area contributed by atoms with Crippen molar-refractivity contribution in [1.82, 2.24) is 0 Å². The number of halogens is 2. The van der Waals surface area contributed by atoms with Crippen LogP contribution in [0.2, 0.25) is 0 Å². The molecule has 8 heteroatoms. The van der Waals surface area contributed by atoms with E-state index in [9.17, 15) is 9.59 Å². The highest BCUT2D eigenvalue weighted by atomic mass is 79.9. The van der Waals surface area contributed by atoms with Crippen LogP contribution < -0.4 is 20.7 Å². The number of hydrogen-bond donors (Lipinski definition) is 0. The summed E-state index contributed by atoms with van der Waals surface area (Å²) in [7, 11) is 0. The second-order valence-electron chi connectivity index (χ2n) is 22.6. The molecule has 0 unspecified atom stereocenters. The Kier molecular flexibility index (Phi) is 12.5. The fraction of sp³-hybridized carbons (Fsp3) is 0.139. The second-order valence-corrected chi connectivity index (χ2v) is 24.3. The van der Waals surface area contributed by atoms with Crippen molar-refractivity contribution < 1.29 is 8.83 Å². The maximum absolute atomic E-state index is 14.6. The van der Waals surface area contributed by atoms with E-state index in [4.69, 9.17) is 8.83 Å². The number of hydrogen-bond acceptors (Lipinski definition) is 6. The summed E-state index contributed by atoms with van der Waals surface area (Å²) in [5.41, 5.74) is 19.1. The van der Waals surface area contributed by atoms with Crippen LogP contribution in [-0.4, -0.2) is 0 Å². The van der Waals surface area contributed by atoms with Gasteiger partial charge in [0.15, 0.2) is 0 Å². The Morgan fingerprint density at radius 2 is 0.750 bits per heavy atom. The van der Waals surface area contributed by atoms with Gasteiger partial charge in [-0.05, 0) is 146 Å². The molecule has 0 amide bonds. The van der Waals surface area contributed by atoms with Crippen LogP contribution in [0.4, 0.5) is 34.1 Å². The summed E-state index contributed by atoms with van der Waals surface area (Å²) in [6.07, 6.45) is 1.08. The van der Waals surface area contributed by atoms with Gasteiger partial charge in [-0.25, -0.2) is 0 Å². The molecule has 0 saturated carbocycles. The molecule has 0 atom stereocenters. The largest absolute Gasteiger partial charge is 0.456 e. The molecule has 0 spiro atoms. The highest BCUT2D eigenvalue weighted by molar-refractivity contribution is 9.11. The van der Waals surface area contributed by atoms with E-state index < -0.39 is 0 Å². The number of benzene rings is 10. The van der Waals surface area contributed by atoms with Gasteiger partial charge in [0, 0.05) is 36.9 Å². The normalized spacial score (nSPS) is 14.8. The minimum atomic E-state index is -0.192. The van der Waals surface area contributed by atoms with E-state index in [0.29, 0.717) is 43.9 Å². The Hall–Kier alpha value is -8.30. The van der Waals surface area contributed by atoms with Crippen molar-refractivity contribution >= 4 is 110 Å². The zero-order chi connectivity index (χ0) is 55.2. The highest BCUT2D eigenvalue weighted by Crippen LogP contribution is 2.54. The third-order valence-corrected chi connectivity index (χ3v) is 18.0. The monoisotopic (exact) mass is 1170 g/mol. The highest BCUT2D eigenvalue weighted by Gasteiger charge is 2.39. The van der Waals surface area contributed by atoms with E-state index in [2.05, 4.69) is 229 Å². The molecule has 80 heavy (non-hydrogen) atoms. The minimum Gasteiger partial charge on any atom is -0.456 e. The van der Waals surface area contributed by atoms with E-state index in [1.165, 1.54) is 44.5 Å². The van der Waals surface area contributed by atoms with Crippen LogP contribution in [0.15, 0.2) is 246 Å². The lowest BCUT2D eigenvalue weighted by atomic mass is 9.69. The van der Waals surface area contributed by atoms with Gasteiger partial charge in [0.25, 0.3) is 0 Å². The van der Waals surface area contributed by atoms with Crippen molar-refractivity contribution in [2.75, 3.05) is 9.80 Å². The van der Waals surface area contributed by atoms with Crippen molar-refractivity contribution in [3.8, 4) is 0 Å². The van der Waals surface area contributed by atoms with Crippen LogP contribution in [0, 0.1) is 0 Å². The first-order valence-electron chi connectivity index (χ1n) is 27.1. The summed E-state index contributed by atoms with van der Waals surface area (Å²) < 4.78 is 14.0. The maximum atomic E-state index is 14.6. The van der Waals surface area contributed by atoms with Crippen LogP contribution in [0.3, 0.4) is 0 Å². The smallest absolute Gasteiger partial charge is 0.202 e. The van der Waals surface area contributed by atoms with Gasteiger partial charge in [-0.3, -0.25) is 9.59 Å². The fourth-order valence-electron chi connectivity index (χ4n) is 12.8. The first-order valence-corrected chi connectivity index (χ1v) is 28.7. The van der Waals surface area contributed by atoms with E-state index in [1.54, 1.807) is 18.2 Å². The van der Waals surface area contributed by atoms with Gasteiger partial charge in [-0.1, -0.05) is 191 Å². The molecule has 6 nitrogen and oxygen atoms in total. The second kappa shape index (κ2) is 19.5. The SMILES string of the molecule is CC1(C)c2ccccc2Cc2ccccc21.CC1(C)c2ccccc2N(c2ccc3c(=O)c4c(N5c6ccccc6C(C)(C)c6ccccc65)cccc4oc3c2)c2ccccc21.O=c1c2ccc(Br)cc2oc2cccc(Br)c12. The molecule has 3 aliphatic rings. The molecule has 0 radical (unpaired) electrons. The van der Waals surface area contributed by atoms with Gasteiger partial charge in [0.05, 0.1) is 50.0 Å². The number of para-hydroxylation sites is 4. The molecule has 2 aliphatic heterocycles. The Balaban J connectivity index is 0.000000148. The van der Waals surface area contributed by atoms with Gasteiger partial charge in [-0.15, -0.1) is 0 Å². The molecule has 0 fully saturated rings. The van der Waals surface area contributed by atoms with E-state index >= 15 is 0 Å². The standard InChI is InChI=1S/C43H34N2O2.C16H16.C13H6Br2O2/c1-42(2)29-14-5-9-18-33(29)44(34-19-10-6-15-30(34)42)27-24-25-28-39(26-27)47-38-23-13-22-37(40(38)41(28)46)45-35-20-11-7-16-31(35)43(3,4)32-17-8-12-21-36(32)45;1-16(2)14-9-5-3-7-12(14)11-13-8-4-6-10-15(13)16;14-7-4-5-8-11(6-7)17-10-3-1-2-9(15)12(10)13(8)16/h5-26H,1-4H3;3-10H,11H2,1-2H3;1-6H. The lowest BCUT2D eigenvalue weighted by Gasteiger charge is -2.42. The average molecular weight is 1170 g/mol. The predicted octanol–water partition coefficient (Wildman–Crippen LogP) is 19.6. The van der Waals surface area contributed by atoms with Crippen LogP contribution in [0.5, 0.6) is 0 Å². The van der Waals surface area contributed by atoms with Crippen molar-refractivity contribution in [3.05, 3.63) is 292 Å². The van der Waals surface area contributed by atoms with E-state index in [-0.39, 0.29) is 27.1 Å². The lowest BCUT2D eigenvalue weighted by molar-refractivity contribution is 0.610. The number of nitrogens with zero attached hydrogens (tertiary/aromatic N) is 2. The molecule has 2 aromatic heterocycles. The quantitative estimate of drug-likeness (QED) is 0.161. The summed E-state index contributed by atoms with van der Waals surface area (Å²) in [4.78, 5) is 31.4. The molecule has 0 bridgehead atoms. The topological polar surface area (TPSA) is 66.9 Å². The molecule has 392 valence electrons. The molecule has 10 aromatic carbocycles. The molecule has 1 aliphatic carbocycles. The Morgan fingerprint density at radius 3 is 1.27 bits per heavy atom. The van der Waals surface area contributed by atoms with E-state index in [0.717, 1.165) is 49.5 Å². The lowest BCUT2D eigenvalue weighted by Crippen LogP contribution is -2.31. The maximum Gasteiger partial charge on any atom is 0.202 e. The van der Waals surface area contributed by atoms with Crippen LogP contribution in [0.1, 0.15) is 86.1 Å². The summed E-state index contributed by atoms with van der Waals surface area (Å²) in [6, 6.07) is 74.6. The number of rotatable bonds is 2. The summed E-state index contributed by atoms with van der Waals surface area (Å²) in [6.45, 7) is 13.7. The molecular formula is C72H56Br2N2O4. The molecule has 4 heterocycles. The molecule has 0 saturated heterocycles. The van der Waals surface area contributed by atoms with Gasteiger partial charge in [-0.2, -0.15) is 0 Å². The molecular weight excluding hydrogens is 1120 g/mol. The first-order chi connectivity index (χ1) is 38.6. The summed E-state index contributed by atoms with van der Waals surface area (Å²) >= 11 is 6.74. The van der Waals surface area contributed by atoms with Crippen molar-refractivity contribution in [2.24, 2.45) is 0 Å². The molecule has 15 rings (SSSR count). The Bertz CT molecular complexity index is 4460. The van der Waals surface area contributed by atoms with Crippen molar-refractivity contribution in [3.63, 3.8) is 0 Å². The van der Waals surface area contributed by atoms with Crippen molar-refractivity contribution in [2.45, 2.75) is 64.2 Å².